The first-order valence-corrected chi connectivity index (χ1v) is 8.65. The molecule has 25 heavy (non-hydrogen) atoms. The number of hydrogen-bond donors (Lipinski definition) is 1. The quantitative estimate of drug-likeness (QED) is 0.714. The highest BCUT2D eigenvalue weighted by atomic mass is 32.1. The number of nitrogens with one attached hydrogen (secondary N) is 1. The number of aryl methyl sites for hydroxylation is 1. The number of carbonyl (C=O) groups is 1. The fourth-order valence-corrected chi connectivity index (χ4v) is 3.52. The first-order chi connectivity index (χ1) is 12.2. The van der Waals surface area contributed by atoms with Crippen molar-refractivity contribution in [2.75, 3.05) is 5.32 Å². The molecule has 3 heterocycles. The molecule has 1 aromatic carbocycles. The van der Waals surface area contributed by atoms with Gasteiger partial charge in [0.25, 0.3) is 0 Å². The fraction of sp³-hybridized carbons (Fsp3) is 0.105. The number of nitrogens with zero attached hydrogens (tertiary/aromatic N) is 2. The molecular weight excluding hydrogens is 334 g/mol. The van der Waals surface area contributed by atoms with Gasteiger partial charge >= 0.3 is 0 Å². The summed E-state index contributed by atoms with van der Waals surface area (Å²) in [4.78, 5) is 16.1. The summed E-state index contributed by atoms with van der Waals surface area (Å²) in [5.41, 5.74) is 4.24. The molecule has 1 amide bonds. The van der Waals surface area contributed by atoms with Gasteiger partial charge in [0.05, 0.1) is 17.5 Å². The number of hydrogen-bond acceptors (Lipinski definition) is 5. The molecule has 2 aromatic heterocycles. The molecule has 0 saturated heterocycles. The summed E-state index contributed by atoms with van der Waals surface area (Å²) in [6.45, 7) is 0. The summed E-state index contributed by atoms with van der Waals surface area (Å²) in [7, 11) is 0. The fourth-order valence-electron chi connectivity index (χ4n) is 2.73. The topological polar surface area (TPSA) is 78.9 Å². The van der Waals surface area contributed by atoms with Gasteiger partial charge in [-0.1, -0.05) is 6.07 Å². The van der Waals surface area contributed by atoms with Crippen LogP contribution in [-0.2, 0) is 11.2 Å². The predicted molar refractivity (Wildman–Crippen MR) is 96.7 cm³/mol. The van der Waals surface area contributed by atoms with Gasteiger partial charge in [-0.3, -0.25) is 4.79 Å². The number of furan rings is 1. The van der Waals surface area contributed by atoms with Crippen LogP contribution in [0.3, 0.4) is 0 Å². The molecule has 5 nitrogen and oxygen atoms in total. The van der Waals surface area contributed by atoms with Crippen LogP contribution in [0.15, 0.2) is 46.4 Å². The summed E-state index contributed by atoms with van der Waals surface area (Å²) in [5, 5.41) is 14.9. The van der Waals surface area contributed by atoms with E-state index in [0.717, 1.165) is 28.9 Å². The van der Waals surface area contributed by atoms with Gasteiger partial charge in [0, 0.05) is 29.1 Å². The van der Waals surface area contributed by atoms with Gasteiger partial charge in [-0.25, -0.2) is 4.98 Å². The Labute approximate surface area is 148 Å². The Morgan fingerprint density at radius 3 is 3.08 bits per heavy atom. The Morgan fingerprint density at radius 1 is 1.36 bits per heavy atom. The molecule has 0 fully saturated rings. The van der Waals surface area contributed by atoms with Crippen LogP contribution in [0.2, 0.25) is 0 Å². The minimum atomic E-state index is 0.0536. The van der Waals surface area contributed by atoms with Crippen molar-refractivity contribution in [1.29, 1.82) is 5.26 Å². The van der Waals surface area contributed by atoms with E-state index < -0.39 is 0 Å². The van der Waals surface area contributed by atoms with Crippen LogP contribution in [0, 0.1) is 11.3 Å². The van der Waals surface area contributed by atoms with E-state index in [1.54, 1.807) is 24.5 Å². The average molecular weight is 347 g/mol. The summed E-state index contributed by atoms with van der Waals surface area (Å²) >= 11 is 1.42. The Kier molecular flexibility index (Phi) is 3.92. The van der Waals surface area contributed by atoms with Crippen molar-refractivity contribution >= 4 is 34.6 Å². The maximum Gasteiger partial charge on any atom is 0.224 e. The lowest BCUT2D eigenvalue weighted by Gasteiger charge is -2.17. The van der Waals surface area contributed by atoms with Crippen molar-refractivity contribution in [2.45, 2.75) is 12.8 Å². The van der Waals surface area contributed by atoms with Crippen LogP contribution < -0.4 is 5.32 Å². The molecule has 0 spiro atoms. The Bertz CT molecular complexity index is 1010. The van der Waals surface area contributed by atoms with Crippen molar-refractivity contribution in [3.05, 3.63) is 58.3 Å². The third-order valence-corrected chi connectivity index (χ3v) is 4.86. The van der Waals surface area contributed by atoms with E-state index in [4.69, 9.17) is 4.42 Å². The Morgan fingerprint density at radius 2 is 2.28 bits per heavy atom. The molecule has 0 unspecified atom stereocenters. The number of rotatable bonds is 3. The molecule has 122 valence electrons. The maximum absolute atomic E-state index is 11.5. The second-order valence-electron chi connectivity index (χ2n) is 5.64. The second kappa shape index (κ2) is 6.38. The van der Waals surface area contributed by atoms with Crippen LogP contribution >= 0.6 is 11.3 Å². The normalized spacial score (nSPS) is 13.9. The first-order valence-electron chi connectivity index (χ1n) is 7.77. The molecule has 0 bridgehead atoms. The maximum atomic E-state index is 11.5. The van der Waals surface area contributed by atoms with Gasteiger partial charge < -0.3 is 9.73 Å². The van der Waals surface area contributed by atoms with Gasteiger partial charge in [-0.05, 0) is 36.2 Å². The van der Waals surface area contributed by atoms with Gasteiger partial charge in [-0.2, -0.15) is 5.26 Å². The molecule has 0 atom stereocenters. The highest BCUT2D eigenvalue weighted by Gasteiger charge is 2.16. The van der Waals surface area contributed by atoms with Crippen molar-refractivity contribution < 1.29 is 9.21 Å². The molecule has 0 radical (unpaired) electrons. The zero-order valence-corrected chi connectivity index (χ0v) is 14.0. The van der Waals surface area contributed by atoms with Crippen molar-refractivity contribution in [3.63, 3.8) is 0 Å². The summed E-state index contributed by atoms with van der Waals surface area (Å²) < 4.78 is 5.26. The summed E-state index contributed by atoms with van der Waals surface area (Å²) in [6, 6.07) is 11.6. The van der Waals surface area contributed by atoms with Crippen LogP contribution in [0.4, 0.5) is 5.69 Å². The predicted octanol–water partition coefficient (Wildman–Crippen LogP) is 4.35. The van der Waals surface area contributed by atoms with Gasteiger partial charge in [0.15, 0.2) is 0 Å². The van der Waals surface area contributed by atoms with Gasteiger partial charge in [0.2, 0.25) is 5.91 Å². The molecular formula is C19H13N3O2S. The van der Waals surface area contributed by atoms with Crippen LogP contribution in [0.25, 0.3) is 22.9 Å². The molecule has 6 heteroatoms. The van der Waals surface area contributed by atoms with Crippen molar-refractivity contribution in [1.82, 2.24) is 4.98 Å². The van der Waals surface area contributed by atoms with Crippen molar-refractivity contribution in [3.8, 4) is 17.3 Å². The standard InChI is InChI=1S/C19H13N3O2S/c20-10-14(9-15-2-1-7-24-15)19-22-17(11-25-19)13-3-5-16-12(8-13)4-6-18(23)21-16/h1-3,5,7-9,11H,4,6H2,(H,21,23)/b14-9-. The highest BCUT2D eigenvalue weighted by molar-refractivity contribution is 7.11. The first kappa shape index (κ1) is 15.4. The lowest BCUT2D eigenvalue weighted by molar-refractivity contribution is -0.116. The minimum Gasteiger partial charge on any atom is -0.465 e. The van der Waals surface area contributed by atoms with E-state index in [2.05, 4.69) is 22.4 Å². The molecule has 1 N–H and O–H groups in total. The van der Waals surface area contributed by atoms with Crippen LogP contribution in [0.5, 0.6) is 0 Å². The van der Waals surface area contributed by atoms with E-state index in [1.807, 2.05) is 17.5 Å². The SMILES string of the molecule is N#C/C(=C/c1ccco1)c1nc(-c2ccc3c(c2)CCC(=O)N3)cs1. The summed E-state index contributed by atoms with van der Waals surface area (Å²) in [6.07, 6.45) is 4.49. The van der Waals surface area contributed by atoms with Crippen LogP contribution in [-0.4, -0.2) is 10.9 Å². The number of carbonyl (C=O) groups excluding carboxylic acids is 1. The van der Waals surface area contributed by atoms with Gasteiger partial charge in [0.1, 0.15) is 16.8 Å². The number of thiazole rings is 1. The molecule has 1 aliphatic heterocycles. The zero-order chi connectivity index (χ0) is 17.2. The second-order valence-corrected chi connectivity index (χ2v) is 6.50. The van der Waals surface area contributed by atoms with E-state index in [1.165, 1.54) is 11.3 Å². The molecule has 3 aromatic rings. The third-order valence-electron chi connectivity index (χ3n) is 3.98. The Hall–Kier alpha value is -3.17. The van der Waals surface area contributed by atoms with E-state index in [0.29, 0.717) is 22.8 Å². The number of amides is 1. The van der Waals surface area contributed by atoms with Gasteiger partial charge in [-0.15, -0.1) is 11.3 Å². The van der Waals surface area contributed by atoms with E-state index >= 15 is 0 Å². The number of nitriles is 1. The zero-order valence-electron chi connectivity index (χ0n) is 13.2. The highest BCUT2D eigenvalue weighted by Crippen LogP contribution is 2.31. The molecule has 1 aliphatic rings. The molecule has 4 rings (SSSR count). The number of aromatic nitrogens is 1. The largest absolute Gasteiger partial charge is 0.465 e. The number of anilines is 1. The smallest absolute Gasteiger partial charge is 0.224 e. The average Bonchev–Trinajstić information content (AvgIpc) is 3.31. The Balaban J connectivity index is 1.65. The summed E-state index contributed by atoms with van der Waals surface area (Å²) in [5.74, 6) is 0.677. The number of allylic oxidation sites excluding steroid dienone is 1. The minimum absolute atomic E-state index is 0.0536. The number of benzene rings is 1. The number of fused-ring (bicyclic) bond motifs is 1. The van der Waals surface area contributed by atoms with Crippen molar-refractivity contribution in [2.24, 2.45) is 0 Å². The van der Waals surface area contributed by atoms with Crippen LogP contribution in [0.1, 0.15) is 22.8 Å². The lowest BCUT2D eigenvalue weighted by atomic mass is 9.99. The molecule has 0 aliphatic carbocycles. The van der Waals surface area contributed by atoms with E-state index in [-0.39, 0.29) is 5.91 Å². The lowest BCUT2D eigenvalue weighted by Crippen LogP contribution is -2.18. The monoisotopic (exact) mass is 347 g/mol. The molecule has 0 saturated carbocycles. The third kappa shape index (κ3) is 3.10. The van der Waals surface area contributed by atoms with E-state index in [9.17, 15) is 10.1 Å².